The van der Waals surface area contributed by atoms with E-state index in [1.165, 1.54) is 55.5 Å². The summed E-state index contributed by atoms with van der Waals surface area (Å²) in [5.74, 6) is -11.7. The highest BCUT2D eigenvalue weighted by atomic mass is 16.2. The first kappa shape index (κ1) is 85.4. The fraction of sp³-hybridized carbons (Fsp3) is 0.681. The zero-order valence-corrected chi connectivity index (χ0v) is 59.5. The Balaban J connectivity index is 0.0000158. The van der Waals surface area contributed by atoms with Gasteiger partial charge >= 0.3 is 0 Å². The quantitative estimate of drug-likeness (QED) is 0.0626. The van der Waals surface area contributed by atoms with Gasteiger partial charge in [-0.15, -0.1) is 0 Å². The van der Waals surface area contributed by atoms with Crippen molar-refractivity contribution in [3.63, 3.8) is 0 Å². The summed E-state index contributed by atoms with van der Waals surface area (Å²) in [7, 11) is 1.50. The van der Waals surface area contributed by atoms with Gasteiger partial charge in [0.05, 0.1) is 54.8 Å². The SMILES string of the molecule is CC(=O)CN[C@]1(C)CCCCCCCCCCCCC[C@@](C)(C(=O)NC(C)C(=O)N[C@@H](C)C(=O)NC(C)C(=O)N[C@@H](C)C(=O)C(=O)[C@H](C)NC[C@H](C)C(N)=O)NC(=O)[C@H](CC(C)C)CN[C@@H](CCC(N)=O)C(=O)C(=O)C(C)NC(=O)[C@H](Cc2c[nH]c3ccccc23)NCC1=O.CN. The van der Waals surface area contributed by atoms with Crippen LogP contribution in [-0.2, 0) is 73.5 Å². The molecule has 1 fully saturated rings. The Morgan fingerprint density at radius 2 is 1.14 bits per heavy atom. The first-order valence-electron chi connectivity index (χ1n) is 34.3. The van der Waals surface area contributed by atoms with E-state index in [4.69, 9.17) is 11.5 Å². The molecule has 17 N–H and O–H groups in total. The van der Waals surface area contributed by atoms with Crippen LogP contribution >= 0.6 is 0 Å². The van der Waals surface area contributed by atoms with Gasteiger partial charge in [0.25, 0.3) is 0 Å². The lowest BCUT2D eigenvalue weighted by Gasteiger charge is -2.33. The maximum Gasteiger partial charge on any atom is 0.246 e. The van der Waals surface area contributed by atoms with Crippen molar-refractivity contribution in [2.45, 2.75) is 252 Å². The van der Waals surface area contributed by atoms with Gasteiger partial charge in [-0.05, 0) is 119 Å². The Morgan fingerprint density at radius 3 is 1.68 bits per heavy atom. The van der Waals surface area contributed by atoms with Gasteiger partial charge in [-0.2, -0.15) is 0 Å². The van der Waals surface area contributed by atoms with Crippen molar-refractivity contribution in [2.75, 3.05) is 33.2 Å². The first-order valence-corrected chi connectivity index (χ1v) is 34.3. The summed E-state index contributed by atoms with van der Waals surface area (Å²) in [6, 6.07) is -2.46. The van der Waals surface area contributed by atoms with E-state index in [1.54, 1.807) is 27.0 Å². The third-order valence-electron chi connectivity index (χ3n) is 17.6. The van der Waals surface area contributed by atoms with Crippen LogP contribution in [0.2, 0.25) is 0 Å². The summed E-state index contributed by atoms with van der Waals surface area (Å²) in [5, 5.41) is 28.7. The minimum atomic E-state index is -1.63. The van der Waals surface area contributed by atoms with E-state index >= 15 is 0 Å². The van der Waals surface area contributed by atoms with Crippen LogP contribution in [0.1, 0.15) is 191 Å². The number of nitrogens with one attached hydrogen (secondary N) is 11. The minimum absolute atomic E-state index is 0.0355. The fourth-order valence-electron chi connectivity index (χ4n) is 11.1. The molecular weight excluding hydrogens is 1250 g/mol. The van der Waals surface area contributed by atoms with E-state index in [1.807, 2.05) is 38.1 Å². The Kier molecular flexibility index (Phi) is 37.8. The molecule has 2 aromatic rings. The zero-order chi connectivity index (χ0) is 73.3. The standard InChI is InChI=1S/C68H109N13O14.CH5N/c1-39(2)32-49-37-73-52(28-29-55(69)84)59(88)58(87)44(7)77-65(94)53(33-48-36-72-51-27-23-22-26-50(48)51)74-38-54(83)67(11,75-35-41(4)82)30-24-20-18-16-14-13-15-17-19-21-25-31-68(12,81-64(49)93)66(95)80-47(10)63(92)79-46(9)62(91)78-45(8)61(90)76-43(6)57(86)56(85)42(5)71-34-40(3)60(70)89;1-2/h22-23,26-27,36,39-40,42-47,49,52-53,71-75H,13-21,24-25,28-35,37-38H2,1-12H3,(H2,69,84)(H2,70,89)(H,76,90)(H,77,94)(H,78,91)(H,79,92)(H,80,95)(H,81,93);2H2,1H3/t40-,42-,43-,44?,45?,46-,47?,49+,52-,53-,67+,68-;/m0./s1. The second kappa shape index (κ2) is 42.9. The van der Waals surface area contributed by atoms with Crippen LogP contribution in [0.5, 0.6) is 0 Å². The van der Waals surface area contributed by atoms with E-state index in [9.17, 15) is 67.1 Å². The van der Waals surface area contributed by atoms with Crippen molar-refractivity contribution in [1.29, 1.82) is 0 Å². The van der Waals surface area contributed by atoms with E-state index in [0.717, 1.165) is 67.8 Å². The summed E-state index contributed by atoms with van der Waals surface area (Å²) in [4.78, 5) is 191. The Morgan fingerprint density at radius 1 is 0.629 bits per heavy atom. The number of primary amides is 2. The largest absolute Gasteiger partial charge is 0.370 e. The monoisotopic (exact) mass is 1360 g/mol. The van der Waals surface area contributed by atoms with E-state index < -0.39 is 142 Å². The molecule has 97 heavy (non-hydrogen) atoms. The zero-order valence-electron chi connectivity index (χ0n) is 59.5. The van der Waals surface area contributed by atoms with Crippen LogP contribution in [0.3, 0.4) is 0 Å². The molecule has 1 saturated heterocycles. The van der Waals surface area contributed by atoms with Crippen LogP contribution in [0.25, 0.3) is 10.9 Å². The highest BCUT2D eigenvalue weighted by Crippen LogP contribution is 2.24. The average Bonchev–Trinajstić information content (AvgIpc) is 1.81. The van der Waals surface area contributed by atoms with Crippen molar-refractivity contribution in [3.8, 4) is 0 Å². The van der Waals surface area contributed by atoms with Gasteiger partial charge in [0, 0.05) is 42.5 Å². The molecule has 0 spiro atoms. The molecule has 8 amide bonds. The number of hydrogen-bond acceptors (Lipinski definition) is 19. The summed E-state index contributed by atoms with van der Waals surface area (Å²) in [6.07, 6.45) is 11.4. The lowest BCUT2D eigenvalue weighted by molar-refractivity contribution is -0.140. The molecule has 28 heteroatoms. The molecule has 0 radical (unpaired) electrons. The van der Waals surface area contributed by atoms with Crippen LogP contribution in [0.15, 0.2) is 30.5 Å². The third kappa shape index (κ3) is 29.5. The molecule has 1 aromatic carbocycles. The van der Waals surface area contributed by atoms with Gasteiger partial charge in [0.15, 0.2) is 5.78 Å². The third-order valence-corrected chi connectivity index (χ3v) is 17.6. The van der Waals surface area contributed by atoms with Gasteiger partial charge in [0.2, 0.25) is 70.4 Å². The number of rotatable bonds is 25. The lowest BCUT2D eigenvalue weighted by Crippen LogP contribution is -2.62. The predicted molar refractivity (Wildman–Crippen MR) is 370 cm³/mol. The van der Waals surface area contributed by atoms with Crippen molar-refractivity contribution in [1.82, 2.24) is 58.2 Å². The first-order chi connectivity index (χ1) is 45.6. The smallest absolute Gasteiger partial charge is 0.246 e. The second-order valence-corrected chi connectivity index (χ2v) is 26.8. The number of para-hydroxylation sites is 1. The molecule has 2 heterocycles. The lowest BCUT2D eigenvalue weighted by atomic mass is 9.88. The Hall–Kier alpha value is -7.66. The average molecular weight is 1360 g/mol. The summed E-state index contributed by atoms with van der Waals surface area (Å²) in [5.41, 5.74) is 14.1. The number of fused-ring (bicyclic) bond motifs is 1. The van der Waals surface area contributed by atoms with Crippen molar-refractivity contribution >= 4 is 92.9 Å². The number of ketones is 6. The highest BCUT2D eigenvalue weighted by Gasteiger charge is 2.40. The Labute approximate surface area is 571 Å². The van der Waals surface area contributed by atoms with Crippen LogP contribution in [-0.4, -0.2) is 180 Å². The molecule has 1 aromatic heterocycles. The summed E-state index contributed by atoms with van der Waals surface area (Å²) < 4.78 is 0. The molecule has 12 atom stereocenters. The van der Waals surface area contributed by atoms with Crippen LogP contribution in [0.4, 0.5) is 0 Å². The molecule has 3 unspecified atom stereocenters. The Bertz CT molecular complexity index is 3010. The van der Waals surface area contributed by atoms with E-state index in [0.29, 0.717) is 25.7 Å². The van der Waals surface area contributed by atoms with Gasteiger partial charge < -0.3 is 64.7 Å². The highest BCUT2D eigenvalue weighted by molar-refractivity contribution is 6.41. The van der Waals surface area contributed by atoms with Crippen LogP contribution < -0.4 is 70.4 Å². The van der Waals surface area contributed by atoms with Crippen molar-refractivity contribution in [2.24, 2.45) is 35.0 Å². The molecule has 0 aliphatic carbocycles. The maximum absolute atomic E-state index is 14.7. The second-order valence-electron chi connectivity index (χ2n) is 26.8. The van der Waals surface area contributed by atoms with E-state index in [-0.39, 0.29) is 75.8 Å². The van der Waals surface area contributed by atoms with Gasteiger partial charge in [-0.1, -0.05) is 110 Å². The summed E-state index contributed by atoms with van der Waals surface area (Å²) >= 11 is 0. The molecule has 0 bridgehead atoms. The molecule has 544 valence electrons. The fourth-order valence-corrected chi connectivity index (χ4v) is 11.1. The van der Waals surface area contributed by atoms with Gasteiger partial charge in [0.1, 0.15) is 29.4 Å². The number of aromatic nitrogens is 1. The number of aromatic amines is 1. The number of carbonyl (C=O) groups excluding carboxylic acids is 14. The maximum atomic E-state index is 14.7. The number of carbonyl (C=O) groups is 14. The number of benzene rings is 1. The molecule has 1 aliphatic rings. The number of nitrogens with two attached hydrogens (primary N) is 3. The number of H-pyrrole nitrogens is 1. The molecule has 3 rings (SSSR count). The predicted octanol–water partition coefficient (Wildman–Crippen LogP) is 1.50. The minimum Gasteiger partial charge on any atom is -0.370 e. The topological polar surface area (TPSA) is 453 Å². The van der Waals surface area contributed by atoms with Crippen molar-refractivity contribution in [3.05, 3.63) is 36.0 Å². The molecule has 28 nitrogen and oxygen atoms in total. The van der Waals surface area contributed by atoms with Crippen molar-refractivity contribution < 1.29 is 67.1 Å². The molecule has 1 aliphatic heterocycles. The molecule has 0 saturated carbocycles. The van der Waals surface area contributed by atoms with Gasteiger partial charge in [-0.3, -0.25) is 77.8 Å². The van der Waals surface area contributed by atoms with Crippen LogP contribution in [0, 0.1) is 17.8 Å². The van der Waals surface area contributed by atoms with Gasteiger partial charge in [-0.25, -0.2) is 0 Å². The molecular formula is C69H114N14O14. The number of hydrogen-bond donors (Lipinski definition) is 14. The number of Topliss-reactive ketones (excluding diaryl/α,β-unsaturated/α-hetero) is 6. The number of amides is 8. The van der Waals surface area contributed by atoms with E-state index in [2.05, 4.69) is 63.9 Å². The normalized spacial score (nSPS) is 23.2. The summed E-state index contributed by atoms with van der Waals surface area (Å²) in [6.45, 7) is 17.7.